The van der Waals surface area contributed by atoms with E-state index in [1.165, 1.54) is 32.1 Å². The van der Waals surface area contributed by atoms with Crippen LogP contribution in [0.1, 0.15) is 54.5 Å². The molecule has 1 nitrogen and oxygen atoms in total. The predicted octanol–water partition coefficient (Wildman–Crippen LogP) is 3.59. The lowest BCUT2D eigenvalue weighted by atomic mass is 9.89. The minimum Gasteiger partial charge on any atom is -0.373 e. The van der Waals surface area contributed by atoms with Gasteiger partial charge in [-0.3, -0.25) is 0 Å². The molecule has 1 aliphatic carbocycles. The lowest BCUT2D eigenvalue weighted by Crippen LogP contribution is -2.18. The SMILES string of the molecule is CCC[C@H]1OCCc2ccc3c(c21)CCC3. The summed E-state index contributed by atoms with van der Waals surface area (Å²) in [5.41, 5.74) is 6.36. The number of hydrogen-bond donors (Lipinski definition) is 0. The summed E-state index contributed by atoms with van der Waals surface area (Å²) in [5, 5.41) is 0. The van der Waals surface area contributed by atoms with E-state index in [0.717, 1.165) is 13.0 Å². The van der Waals surface area contributed by atoms with Crippen molar-refractivity contribution in [2.45, 2.75) is 51.6 Å². The van der Waals surface area contributed by atoms with Gasteiger partial charge >= 0.3 is 0 Å². The fourth-order valence-electron chi connectivity index (χ4n) is 3.25. The highest BCUT2D eigenvalue weighted by molar-refractivity contribution is 5.46. The van der Waals surface area contributed by atoms with E-state index in [4.69, 9.17) is 4.74 Å². The fourth-order valence-corrected chi connectivity index (χ4v) is 3.25. The van der Waals surface area contributed by atoms with Crippen molar-refractivity contribution in [1.82, 2.24) is 0 Å². The van der Waals surface area contributed by atoms with Crippen LogP contribution in [0.3, 0.4) is 0 Å². The van der Waals surface area contributed by atoms with Crippen LogP contribution in [0.4, 0.5) is 0 Å². The molecule has 2 aliphatic rings. The first-order valence-corrected chi connectivity index (χ1v) is 6.65. The molecule has 0 saturated heterocycles. The van der Waals surface area contributed by atoms with Crippen LogP contribution in [-0.4, -0.2) is 6.61 Å². The molecule has 3 rings (SSSR count). The summed E-state index contributed by atoms with van der Waals surface area (Å²) in [6.07, 6.45) is 7.80. The summed E-state index contributed by atoms with van der Waals surface area (Å²) in [6.45, 7) is 3.16. The van der Waals surface area contributed by atoms with Crippen LogP contribution in [0.2, 0.25) is 0 Å². The van der Waals surface area contributed by atoms with E-state index in [9.17, 15) is 0 Å². The zero-order chi connectivity index (χ0) is 11.0. The Morgan fingerprint density at radius 1 is 1.19 bits per heavy atom. The summed E-state index contributed by atoms with van der Waals surface area (Å²) in [7, 11) is 0. The average molecular weight is 216 g/mol. The van der Waals surface area contributed by atoms with Crippen molar-refractivity contribution in [1.29, 1.82) is 0 Å². The second-order valence-electron chi connectivity index (χ2n) is 5.03. The van der Waals surface area contributed by atoms with Crippen molar-refractivity contribution < 1.29 is 4.74 Å². The first-order chi connectivity index (χ1) is 7.90. The molecular formula is C15H20O. The van der Waals surface area contributed by atoms with Gasteiger partial charge in [0.05, 0.1) is 12.7 Å². The van der Waals surface area contributed by atoms with E-state index in [1.54, 1.807) is 22.3 Å². The highest BCUT2D eigenvalue weighted by atomic mass is 16.5. The highest BCUT2D eigenvalue weighted by Crippen LogP contribution is 2.38. The third-order valence-electron chi connectivity index (χ3n) is 3.98. The fraction of sp³-hybridized carbons (Fsp3) is 0.600. The summed E-state index contributed by atoms with van der Waals surface area (Å²) in [6, 6.07) is 4.71. The molecule has 0 bridgehead atoms. The molecule has 0 amide bonds. The van der Waals surface area contributed by atoms with Gasteiger partial charge in [-0.25, -0.2) is 0 Å². The van der Waals surface area contributed by atoms with Crippen LogP contribution < -0.4 is 0 Å². The molecule has 0 spiro atoms. The van der Waals surface area contributed by atoms with Crippen molar-refractivity contribution in [2.24, 2.45) is 0 Å². The minimum atomic E-state index is 0.391. The normalized spacial score (nSPS) is 22.9. The molecule has 86 valence electrons. The van der Waals surface area contributed by atoms with Crippen LogP contribution >= 0.6 is 0 Å². The molecule has 1 heteroatoms. The van der Waals surface area contributed by atoms with Gasteiger partial charge in [-0.1, -0.05) is 25.5 Å². The molecule has 1 aromatic rings. The van der Waals surface area contributed by atoms with Gasteiger partial charge in [-0.05, 0) is 54.4 Å². The van der Waals surface area contributed by atoms with Gasteiger partial charge in [0.15, 0.2) is 0 Å². The van der Waals surface area contributed by atoms with Gasteiger partial charge in [-0.15, -0.1) is 0 Å². The van der Waals surface area contributed by atoms with Crippen molar-refractivity contribution in [3.63, 3.8) is 0 Å². The van der Waals surface area contributed by atoms with E-state index in [1.807, 2.05) is 0 Å². The molecular weight excluding hydrogens is 196 g/mol. The number of benzene rings is 1. The zero-order valence-electron chi connectivity index (χ0n) is 10.1. The van der Waals surface area contributed by atoms with Gasteiger partial charge < -0.3 is 4.74 Å². The van der Waals surface area contributed by atoms with Crippen molar-refractivity contribution in [3.8, 4) is 0 Å². The molecule has 0 N–H and O–H groups in total. The predicted molar refractivity (Wildman–Crippen MR) is 65.8 cm³/mol. The Kier molecular flexibility index (Phi) is 2.72. The molecule has 1 atom stereocenters. The lowest BCUT2D eigenvalue weighted by molar-refractivity contribution is 0.0355. The molecule has 0 fully saturated rings. The molecule has 1 aliphatic heterocycles. The van der Waals surface area contributed by atoms with Gasteiger partial charge in [0, 0.05) is 0 Å². The molecule has 0 aromatic heterocycles. The van der Waals surface area contributed by atoms with Crippen LogP contribution in [0, 0.1) is 0 Å². The molecule has 0 unspecified atom stereocenters. The first-order valence-electron chi connectivity index (χ1n) is 6.65. The van der Waals surface area contributed by atoms with Crippen LogP contribution in [0.15, 0.2) is 12.1 Å². The van der Waals surface area contributed by atoms with E-state index < -0.39 is 0 Å². The van der Waals surface area contributed by atoms with E-state index in [-0.39, 0.29) is 0 Å². The van der Waals surface area contributed by atoms with Crippen LogP contribution in [-0.2, 0) is 24.0 Å². The molecule has 0 saturated carbocycles. The number of hydrogen-bond acceptors (Lipinski definition) is 1. The van der Waals surface area contributed by atoms with Gasteiger partial charge in [0.2, 0.25) is 0 Å². The van der Waals surface area contributed by atoms with Crippen molar-refractivity contribution >= 4 is 0 Å². The summed E-state index contributed by atoms with van der Waals surface area (Å²) >= 11 is 0. The Hall–Kier alpha value is -0.820. The average Bonchev–Trinajstić information content (AvgIpc) is 2.77. The third kappa shape index (κ3) is 1.58. The number of fused-ring (bicyclic) bond motifs is 3. The lowest BCUT2D eigenvalue weighted by Gasteiger charge is -2.28. The molecule has 1 aromatic carbocycles. The topological polar surface area (TPSA) is 9.23 Å². The van der Waals surface area contributed by atoms with E-state index in [0.29, 0.717) is 6.10 Å². The molecule has 0 radical (unpaired) electrons. The Morgan fingerprint density at radius 3 is 2.94 bits per heavy atom. The summed E-state index contributed by atoms with van der Waals surface area (Å²) < 4.78 is 5.97. The first kappa shape index (κ1) is 10.3. The monoisotopic (exact) mass is 216 g/mol. The van der Waals surface area contributed by atoms with E-state index in [2.05, 4.69) is 19.1 Å². The van der Waals surface area contributed by atoms with Crippen LogP contribution in [0.5, 0.6) is 0 Å². The second-order valence-corrected chi connectivity index (χ2v) is 5.03. The summed E-state index contributed by atoms with van der Waals surface area (Å²) in [5.74, 6) is 0. The summed E-state index contributed by atoms with van der Waals surface area (Å²) in [4.78, 5) is 0. The Bertz CT molecular complexity index is 395. The highest BCUT2D eigenvalue weighted by Gasteiger charge is 2.26. The maximum Gasteiger partial charge on any atom is 0.0830 e. The van der Waals surface area contributed by atoms with Gasteiger partial charge in [0.25, 0.3) is 0 Å². The maximum absolute atomic E-state index is 5.97. The standard InChI is InChI=1S/C15H20O/c1-2-4-14-15-12(9-10-16-14)8-7-11-5-3-6-13(11)15/h7-8,14H,2-6,9-10H2,1H3/t14-/m1/s1. The van der Waals surface area contributed by atoms with Gasteiger partial charge in [-0.2, -0.15) is 0 Å². The number of rotatable bonds is 2. The number of ether oxygens (including phenoxy) is 1. The molecule has 1 heterocycles. The van der Waals surface area contributed by atoms with Crippen molar-refractivity contribution in [3.05, 3.63) is 34.4 Å². The Morgan fingerprint density at radius 2 is 2.06 bits per heavy atom. The second kappa shape index (κ2) is 4.21. The minimum absolute atomic E-state index is 0.391. The Labute approximate surface area is 97.8 Å². The maximum atomic E-state index is 5.97. The molecule has 16 heavy (non-hydrogen) atoms. The Balaban J connectivity index is 2.06. The quantitative estimate of drug-likeness (QED) is 0.734. The number of aryl methyl sites for hydroxylation is 1. The van der Waals surface area contributed by atoms with Gasteiger partial charge in [0.1, 0.15) is 0 Å². The largest absolute Gasteiger partial charge is 0.373 e. The van der Waals surface area contributed by atoms with Crippen molar-refractivity contribution in [2.75, 3.05) is 6.61 Å². The smallest absolute Gasteiger partial charge is 0.0830 e. The third-order valence-corrected chi connectivity index (χ3v) is 3.98. The van der Waals surface area contributed by atoms with E-state index >= 15 is 0 Å². The van der Waals surface area contributed by atoms with Crippen LogP contribution in [0.25, 0.3) is 0 Å². The zero-order valence-corrected chi connectivity index (χ0v) is 10.1.